The van der Waals surface area contributed by atoms with Crippen LogP contribution in [0.2, 0.25) is 0 Å². The predicted octanol–water partition coefficient (Wildman–Crippen LogP) is 4.31. The van der Waals surface area contributed by atoms with E-state index >= 15 is 0 Å². The van der Waals surface area contributed by atoms with E-state index in [0.717, 1.165) is 42.5 Å². The van der Waals surface area contributed by atoms with Crippen molar-refractivity contribution in [3.05, 3.63) is 78.1 Å². The number of fused-ring (bicyclic) bond motifs is 1. The van der Waals surface area contributed by atoms with E-state index in [9.17, 15) is 14.3 Å². The van der Waals surface area contributed by atoms with Crippen LogP contribution in [-0.4, -0.2) is 48.1 Å². The van der Waals surface area contributed by atoms with E-state index in [2.05, 4.69) is 4.90 Å². The Balaban J connectivity index is 1.25. The quantitative estimate of drug-likeness (QED) is 0.593. The topological polar surface area (TPSA) is 49.8 Å². The minimum atomic E-state index is -0.603. The first kappa shape index (κ1) is 20.5. The third-order valence-electron chi connectivity index (χ3n) is 5.74. The highest BCUT2D eigenvalue weighted by Gasteiger charge is 2.26. The van der Waals surface area contributed by atoms with Crippen LogP contribution in [0, 0.1) is 11.7 Å². The first-order chi connectivity index (χ1) is 14.6. The number of piperidine rings is 1. The number of likely N-dealkylation sites (tertiary alicyclic amines) is 1. The van der Waals surface area contributed by atoms with Crippen molar-refractivity contribution in [1.82, 2.24) is 4.90 Å². The number of halogens is 1. The molecular formula is C25H26FNO3. The molecule has 1 aliphatic rings. The predicted molar refractivity (Wildman–Crippen MR) is 115 cm³/mol. The number of ether oxygens (including phenoxy) is 1. The van der Waals surface area contributed by atoms with Gasteiger partial charge in [0.05, 0.1) is 0 Å². The molecule has 1 N–H and O–H groups in total. The van der Waals surface area contributed by atoms with Gasteiger partial charge in [0, 0.05) is 23.4 Å². The van der Waals surface area contributed by atoms with Crippen molar-refractivity contribution < 1.29 is 19.0 Å². The van der Waals surface area contributed by atoms with Crippen molar-refractivity contribution in [3.8, 4) is 5.75 Å². The average molecular weight is 407 g/mol. The standard InChI is InChI=1S/C25H26FNO3/c26-21-10-8-19(9-11-21)25(29)20-12-14-27(15-13-20)16-22(28)17-30-24-7-3-5-18-4-1-2-6-23(18)24/h1-11,20,22,28H,12-17H2. The lowest BCUT2D eigenvalue weighted by atomic mass is 9.89. The number of hydrogen-bond acceptors (Lipinski definition) is 4. The number of Topliss-reactive ketones (excluding diaryl/α,β-unsaturated/α-hetero) is 1. The normalized spacial score (nSPS) is 16.5. The van der Waals surface area contributed by atoms with E-state index in [1.807, 2.05) is 42.5 Å². The molecule has 1 atom stereocenters. The number of ketones is 1. The van der Waals surface area contributed by atoms with Crippen LogP contribution < -0.4 is 4.74 Å². The number of aliphatic hydroxyl groups excluding tert-OH is 1. The first-order valence-electron chi connectivity index (χ1n) is 10.4. The lowest BCUT2D eigenvalue weighted by Gasteiger charge is -2.32. The highest BCUT2D eigenvalue weighted by Crippen LogP contribution is 2.26. The van der Waals surface area contributed by atoms with Crippen molar-refractivity contribution in [2.24, 2.45) is 5.92 Å². The SMILES string of the molecule is O=C(c1ccc(F)cc1)C1CCN(CC(O)COc2cccc3ccccc23)CC1. The fourth-order valence-electron chi connectivity index (χ4n) is 4.09. The van der Waals surface area contributed by atoms with Gasteiger partial charge in [-0.3, -0.25) is 4.79 Å². The second-order valence-electron chi connectivity index (χ2n) is 7.89. The molecule has 0 bridgehead atoms. The molecule has 1 heterocycles. The van der Waals surface area contributed by atoms with Gasteiger partial charge in [-0.15, -0.1) is 0 Å². The van der Waals surface area contributed by atoms with Gasteiger partial charge in [0.2, 0.25) is 0 Å². The number of carbonyl (C=O) groups excluding carboxylic acids is 1. The highest BCUT2D eigenvalue weighted by atomic mass is 19.1. The molecule has 156 valence electrons. The maximum atomic E-state index is 13.1. The summed E-state index contributed by atoms with van der Waals surface area (Å²) in [4.78, 5) is 14.8. The Morgan fingerprint density at radius 3 is 2.50 bits per heavy atom. The largest absolute Gasteiger partial charge is 0.490 e. The summed E-state index contributed by atoms with van der Waals surface area (Å²) in [7, 11) is 0. The molecule has 1 saturated heterocycles. The summed E-state index contributed by atoms with van der Waals surface area (Å²) in [6.45, 7) is 2.25. The zero-order valence-electron chi connectivity index (χ0n) is 16.8. The summed E-state index contributed by atoms with van der Waals surface area (Å²) in [5.41, 5.74) is 0.568. The molecule has 1 aliphatic heterocycles. The van der Waals surface area contributed by atoms with E-state index < -0.39 is 6.10 Å². The van der Waals surface area contributed by atoms with Gasteiger partial charge in [0.1, 0.15) is 24.3 Å². The molecular weight excluding hydrogens is 381 g/mol. The summed E-state index contributed by atoms with van der Waals surface area (Å²) in [6.07, 6.45) is 0.883. The Bertz CT molecular complexity index is 991. The smallest absolute Gasteiger partial charge is 0.166 e. The summed E-state index contributed by atoms with van der Waals surface area (Å²) >= 11 is 0. The van der Waals surface area contributed by atoms with Gasteiger partial charge in [-0.05, 0) is 61.6 Å². The third kappa shape index (κ3) is 4.86. The maximum absolute atomic E-state index is 13.1. The van der Waals surface area contributed by atoms with Crippen LogP contribution in [0.1, 0.15) is 23.2 Å². The summed E-state index contributed by atoms with van der Waals surface area (Å²) in [5.74, 6) is 0.474. The van der Waals surface area contributed by atoms with E-state index in [1.165, 1.54) is 12.1 Å². The van der Waals surface area contributed by atoms with Crippen molar-refractivity contribution in [2.75, 3.05) is 26.2 Å². The second-order valence-corrected chi connectivity index (χ2v) is 7.89. The van der Waals surface area contributed by atoms with Gasteiger partial charge in [-0.2, -0.15) is 0 Å². The zero-order chi connectivity index (χ0) is 20.9. The number of nitrogens with zero attached hydrogens (tertiary/aromatic N) is 1. The van der Waals surface area contributed by atoms with Crippen LogP contribution in [0.4, 0.5) is 4.39 Å². The van der Waals surface area contributed by atoms with Gasteiger partial charge in [0.15, 0.2) is 5.78 Å². The van der Waals surface area contributed by atoms with E-state index in [4.69, 9.17) is 4.74 Å². The number of benzene rings is 3. The summed E-state index contributed by atoms with van der Waals surface area (Å²) < 4.78 is 18.9. The summed E-state index contributed by atoms with van der Waals surface area (Å²) in [5, 5.41) is 12.6. The number of hydrogen-bond donors (Lipinski definition) is 1. The number of aliphatic hydroxyl groups is 1. The molecule has 0 aliphatic carbocycles. The van der Waals surface area contributed by atoms with Crippen LogP contribution in [0.3, 0.4) is 0 Å². The van der Waals surface area contributed by atoms with Gasteiger partial charge < -0.3 is 14.7 Å². The highest BCUT2D eigenvalue weighted by molar-refractivity contribution is 5.97. The molecule has 0 aromatic heterocycles. The Hall–Kier alpha value is -2.76. The second kappa shape index (κ2) is 9.37. The Labute approximate surface area is 175 Å². The van der Waals surface area contributed by atoms with Gasteiger partial charge >= 0.3 is 0 Å². The van der Waals surface area contributed by atoms with Crippen molar-refractivity contribution >= 4 is 16.6 Å². The minimum absolute atomic E-state index is 0.0456. The fourth-order valence-corrected chi connectivity index (χ4v) is 4.09. The molecule has 0 amide bonds. The molecule has 3 aromatic carbocycles. The Morgan fingerprint density at radius 2 is 1.73 bits per heavy atom. The monoisotopic (exact) mass is 407 g/mol. The first-order valence-corrected chi connectivity index (χ1v) is 10.4. The van der Waals surface area contributed by atoms with Gasteiger partial charge in [-0.1, -0.05) is 36.4 Å². The van der Waals surface area contributed by atoms with E-state index in [-0.39, 0.29) is 24.1 Å². The van der Waals surface area contributed by atoms with Crippen LogP contribution in [0.15, 0.2) is 66.7 Å². The maximum Gasteiger partial charge on any atom is 0.166 e. The van der Waals surface area contributed by atoms with Crippen molar-refractivity contribution in [2.45, 2.75) is 18.9 Å². The number of rotatable bonds is 7. The molecule has 0 saturated carbocycles. The Morgan fingerprint density at radius 1 is 1.03 bits per heavy atom. The van der Waals surface area contributed by atoms with Crippen molar-refractivity contribution in [3.63, 3.8) is 0 Å². The van der Waals surface area contributed by atoms with Crippen molar-refractivity contribution in [1.29, 1.82) is 0 Å². The van der Waals surface area contributed by atoms with E-state index in [0.29, 0.717) is 12.1 Å². The molecule has 0 radical (unpaired) electrons. The zero-order valence-corrected chi connectivity index (χ0v) is 16.8. The van der Waals surface area contributed by atoms with Crippen LogP contribution in [0.25, 0.3) is 10.8 Å². The van der Waals surface area contributed by atoms with Gasteiger partial charge in [-0.25, -0.2) is 4.39 Å². The number of carbonyl (C=O) groups is 1. The molecule has 30 heavy (non-hydrogen) atoms. The van der Waals surface area contributed by atoms with Gasteiger partial charge in [0.25, 0.3) is 0 Å². The molecule has 3 aromatic rings. The van der Waals surface area contributed by atoms with Crippen LogP contribution >= 0.6 is 0 Å². The third-order valence-corrected chi connectivity index (χ3v) is 5.74. The van der Waals surface area contributed by atoms with Crippen LogP contribution in [-0.2, 0) is 0 Å². The number of β-amino-alcohol motifs (C(OH)–C–C–N with tert-alkyl or cyclic N) is 1. The lowest BCUT2D eigenvalue weighted by Crippen LogP contribution is -2.42. The lowest BCUT2D eigenvalue weighted by molar-refractivity contribution is 0.0528. The molecule has 4 rings (SSSR count). The molecule has 5 heteroatoms. The Kier molecular flexibility index (Phi) is 6.41. The molecule has 0 spiro atoms. The molecule has 1 fully saturated rings. The average Bonchev–Trinajstić information content (AvgIpc) is 2.78. The van der Waals surface area contributed by atoms with E-state index in [1.54, 1.807) is 12.1 Å². The van der Waals surface area contributed by atoms with Crippen LogP contribution in [0.5, 0.6) is 5.75 Å². The fraction of sp³-hybridized carbons (Fsp3) is 0.320. The molecule has 4 nitrogen and oxygen atoms in total. The summed E-state index contributed by atoms with van der Waals surface area (Å²) in [6, 6.07) is 19.7. The molecule has 1 unspecified atom stereocenters. The minimum Gasteiger partial charge on any atom is -0.490 e.